The Morgan fingerprint density at radius 1 is 0.667 bits per heavy atom. The molecule has 2 atom stereocenters. The van der Waals surface area contributed by atoms with Crippen molar-refractivity contribution in [1.82, 2.24) is 0 Å². The number of unbranched alkanes of at least 4 members (excludes halogenated alkanes) is 23. The van der Waals surface area contributed by atoms with Crippen molar-refractivity contribution in [1.29, 1.82) is 0 Å². The summed E-state index contributed by atoms with van der Waals surface area (Å²) in [6, 6.07) is -0.567. The zero-order valence-corrected chi connectivity index (χ0v) is 25.9. The van der Waals surface area contributed by atoms with Crippen LogP contribution in [0.4, 0.5) is 0 Å². The number of rotatable bonds is 31. The van der Waals surface area contributed by atoms with E-state index in [0.717, 1.165) is 38.5 Å². The molecule has 0 aliphatic carbocycles. The highest BCUT2D eigenvalue weighted by atomic mass is 16.5. The Kier molecular flexibility index (Phi) is 30.9. The Labute approximate surface area is 242 Å². The number of carbonyl (C=O) groups is 1. The van der Waals surface area contributed by atoms with Crippen molar-refractivity contribution in [2.75, 3.05) is 13.2 Å². The summed E-state index contributed by atoms with van der Waals surface area (Å²) in [5, 5.41) is 19.0. The van der Waals surface area contributed by atoms with Crippen molar-refractivity contribution in [2.45, 2.75) is 186 Å². The predicted molar refractivity (Wildman–Crippen MR) is 167 cm³/mol. The first kappa shape index (κ1) is 38.1. The molecule has 2 unspecified atom stereocenters. The molecular formula is C34H67NO4. The van der Waals surface area contributed by atoms with Gasteiger partial charge in [-0.25, -0.2) is 0 Å². The lowest BCUT2D eigenvalue weighted by Crippen LogP contribution is -2.38. The third-order valence-electron chi connectivity index (χ3n) is 7.72. The van der Waals surface area contributed by atoms with Gasteiger partial charge in [0.2, 0.25) is 0 Å². The lowest BCUT2D eigenvalue weighted by Gasteiger charge is -2.15. The van der Waals surface area contributed by atoms with Crippen molar-refractivity contribution in [2.24, 2.45) is 5.73 Å². The van der Waals surface area contributed by atoms with E-state index in [-0.39, 0.29) is 12.6 Å². The van der Waals surface area contributed by atoms with Crippen LogP contribution in [0.5, 0.6) is 0 Å². The number of esters is 1. The van der Waals surface area contributed by atoms with Gasteiger partial charge in [0.1, 0.15) is 6.61 Å². The minimum atomic E-state index is -0.767. The maximum atomic E-state index is 12.0. The Bertz CT molecular complexity index is 525. The van der Waals surface area contributed by atoms with Gasteiger partial charge in [0.25, 0.3) is 0 Å². The van der Waals surface area contributed by atoms with Crippen molar-refractivity contribution in [3.63, 3.8) is 0 Å². The van der Waals surface area contributed by atoms with Crippen molar-refractivity contribution in [3.8, 4) is 0 Å². The Morgan fingerprint density at radius 3 is 1.54 bits per heavy atom. The second-order valence-electron chi connectivity index (χ2n) is 11.7. The topological polar surface area (TPSA) is 92.8 Å². The maximum absolute atomic E-state index is 12.0. The first-order valence-corrected chi connectivity index (χ1v) is 17.0. The lowest BCUT2D eigenvalue weighted by molar-refractivity contribution is -0.144. The van der Waals surface area contributed by atoms with Gasteiger partial charge in [-0.05, 0) is 25.7 Å². The van der Waals surface area contributed by atoms with Gasteiger partial charge in [0, 0.05) is 13.0 Å². The highest BCUT2D eigenvalue weighted by Gasteiger charge is 2.14. The van der Waals surface area contributed by atoms with Crippen LogP contribution in [0.1, 0.15) is 174 Å². The smallest absolute Gasteiger partial charge is 0.305 e. The second kappa shape index (κ2) is 31.6. The minimum absolute atomic E-state index is 0.0736. The molecule has 232 valence electrons. The van der Waals surface area contributed by atoms with E-state index in [1.165, 1.54) is 122 Å². The summed E-state index contributed by atoms with van der Waals surface area (Å²) in [5.74, 6) is -0.207. The molecule has 0 saturated carbocycles. The van der Waals surface area contributed by atoms with Crippen LogP contribution >= 0.6 is 0 Å². The number of ether oxygens (including phenoxy) is 1. The molecule has 0 rings (SSSR count). The number of carbonyl (C=O) groups excluding carboxylic acids is 1. The van der Waals surface area contributed by atoms with Crippen molar-refractivity contribution >= 4 is 5.97 Å². The monoisotopic (exact) mass is 554 g/mol. The van der Waals surface area contributed by atoms with E-state index in [1.54, 1.807) is 6.08 Å². The molecule has 0 aromatic rings. The van der Waals surface area contributed by atoms with E-state index in [0.29, 0.717) is 13.0 Å². The average Bonchev–Trinajstić information content (AvgIpc) is 2.94. The number of allylic oxidation sites excluding steroid dienone is 1. The summed E-state index contributed by atoms with van der Waals surface area (Å²) in [6.45, 7) is 2.67. The van der Waals surface area contributed by atoms with Crippen LogP contribution in [-0.2, 0) is 9.53 Å². The summed E-state index contributed by atoms with van der Waals surface area (Å²) in [4.78, 5) is 12.0. The van der Waals surface area contributed by atoms with E-state index in [2.05, 4.69) is 6.92 Å². The third kappa shape index (κ3) is 29.9. The largest absolute Gasteiger partial charge is 0.464 e. The fraction of sp³-hybridized carbons (Fsp3) is 0.912. The van der Waals surface area contributed by atoms with Crippen LogP contribution in [0.3, 0.4) is 0 Å². The van der Waals surface area contributed by atoms with Crippen LogP contribution in [0, 0.1) is 0 Å². The number of hydrogen-bond acceptors (Lipinski definition) is 5. The summed E-state index contributed by atoms with van der Waals surface area (Å²) in [5.41, 5.74) is 6.01. The number of aliphatic hydroxyl groups is 2. The Morgan fingerprint density at radius 2 is 1.08 bits per heavy atom. The molecule has 0 heterocycles. The van der Waals surface area contributed by atoms with E-state index in [1.807, 2.05) is 6.08 Å². The van der Waals surface area contributed by atoms with Crippen molar-refractivity contribution < 1.29 is 19.7 Å². The molecule has 0 aliphatic rings. The molecule has 0 aromatic carbocycles. The highest BCUT2D eigenvalue weighted by Crippen LogP contribution is 2.14. The summed E-state index contributed by atoms with van der Waals surface area (Å²) in [6.07, 6.45) is 34.7. The summed E-state index contributed by atoms with van der Waals surface area (Å²) >= 11 is 0. The first-order valence-electron chi connectivity index (χ1n) is 17.0. The van der Waals surface area contributed by atoms with Gasteiger partial charge in [-0.3, -0.25) is 4.79 Å². The predicted octanol–water partition coefficient (Wildman–Crippen LogP) is 8.93. The molecular weight excluding hydrogens is 486 g/mol. The van der Waals surface area contributed by atoms with Gasteiger partial charge in [-0.2, -0.15) is 0 Å². The van der Waals surface area contributed by atoms with Crippen LogP contribution in [-0.4, -0.2) is 41.5 Å². The Hall–Kier alpha value is -0.910. The molecule has 5 nitrogen and oxygen atoms in total. The van der Waals surface area contributed by atoms with E-state index in [4.69, 9.17) is 15.6 Å². The second-order valence-corrected chi connectivity index (χ2v) is 11.7. The van der Waals surface area contributed by atoms with E-state index < -0.39 is 12.1 Å². The third-order valence-corrected chi connectivity index (χ3v) is 7.72. The molecule has 0 spiro atoms. The number of nitrogens with two attached hydrogens (primary N) is 1. The average molecular weight is 554 g/mol. The molecule has 5 heteroatoms. The van der Waals surface area contributed by atoms with E-state index >= 15 is 0 Å². The van der Waals surface area contributed by atoms with Gasteiger partial charge < -0.3 is 20.7 Å². The number of aliphatic hydroxyl groups excluding tert-OH is 2. The maximum Gasteiger partial charge on any atom is 0.305 e. The van der Waals surface area contributed by atoms with E-state index in [9.17, 15) is 9.90 Å². The Balaban J connectivity index is 3.47. The first-order chi connectivity index (χ1) is 19.1. The van der Waals surface area contributed by atoms with Crippen LogP contribution in [0.15, 0.2) is 12.2 Å². The molecule has 0 aliphatic heterocycles. The zero-order chi connectivity index (χ0) is 28.7. The van der Waals surface area contributed by atoms with Gasteiger partial charge >= 0.3 is 5.97 Å². The molecule has 0 amide bonds. The summed E-state index contributed by atoms with van der Waals surface area (Å²) < 4.78 is 5.29. The van der Waals surface area contributed by atoms with Crippen LogP contribution in [0.25, 0.3) is 0 Å². The lowest BCUT2D eigenvalue weighted by atomic mass is 10.0. The molecule has 39 heavy (non-hydrogen) atoms. The summed E-state index contributed by atoms with van der Waals surface area (Å²) in [7, 11) is 0. The zero-order valence-electron chi connectivity index (χ0n) is 25.9. The van der Waals surface area contributed by atoms with Gasteiger partial charge in [-0.1, -0.05) is 154 Å². The highest BCUT2D eigenvalue weighted by molar-refractivity contribution is 5.69. The van der Waals surface area contributed by atoms with Crippen LogP contribution < -0.4 is 5.73 Å². The van der Waals surface area contributed by atoms with Crippen LogP contribution in [0.2, 0.25) is 0 Å². The fourth-order valence-electron chi connectivity index (χ4n) is 4.99. The quantitative estimate of drug-likeness (QED) is 0.0453. The van der Waals surface area contributed by atoms with Gasteiger partial charge in [0.05, 0.1) is 12.1 Å². The SMILES string of the molecule is CCCCCCCCCCCCCC=CC(O)C(N)COC(=O)CCCCCCCCCCCCCCCO. The fourth-order valence-corrected chi connectivity index (χ4v) is 4.99. The molecule has 0 saturated heterocycles. The minimum Gasteiger partial charge on any atom is -0.464 e. The molecule has 4 N–H and O–H groups in total. The number of hydrogen-bond donors (Lipinski definition) is 3. The molecule has 0 aromatic heterocycles. The molecule has 0 fully saturated rings. The normalized spacial score (nSPS) is 13.2. The van der Waals surface area contributed by atoms with Crippen molar-refractivity contribution in [3.05, 3.63) is 12.2 Å². The standard InChI is InChI=1S/C34H67NO4/c1-2-3-4-5-6-7-8-10-13-16-19-22-25-28-33(37)32(35)31-39-34(38)29-26-23-20-17-14-11-9-12-15-18-21-24-27-30-36/h25,28,32-33,36-37H,2-24,26-27,29-31,35H2,1H3. The van der Waals surface area contributed by atoms with Gasteiger partial charge in [0.15, 0.2) is 0 Å². The van der Waals surface area contributed by atoms with Gasteiger partial charge in [-0.15, -0.1) is 0 Å². The molecule has 0 bridgehead atoms. The molecule has 0 radical (unpaired) electrons.